The number of hydrogen-bond donors (Lipinski definition) is 1. The first-order valence-electron chi connectivity index (χ1n) is 9.68. The molecule has 0 radical (unpaired) electrons. The predicted octanol–water partition coefficient (Wildman–Crippen LogP) is 5.34. The van der Waals surface area contributed by atoms with Crippen molar-refractivity contribution in [1.29, 1.82) is 0 Å². The monoisotopic (exact) mass is 405 g/mol. The van der Waals surface area contributed by atoms with Crippen LogP contribution in [0, 0.1) is 27.7 Å². The summed E-state index contributed by atoms with van der Waals surface area (Å²) in [4.78, 5) is 13.4. The normalized spacial score (nSPS) is 12.3. The second kappa shape index (κ2) is 9.14. The van der Waals surface area contributed by atoms with Gasteiger partial charge in [-0.1, -0.05) is 24.3 Å². The number of carbonyl (C=O) groups is 1. The van der Waals surface area contributed by atoms with Gasteiger partial charge >= 0.3 is 0 Å². The molecule has 0 saturated carbocycles. The van der Waals surface area contributed by atoms with E-state index in [0.717, 1.165) is 27.5 Å². The highest BCUT2D eigenvalue weighted by atomic mass is 32.2. The molecule has 150 valence electrons. The third kappa shape index (κ3) is 4.98. The van der Waals surface area contributed by atoms with E-state index >= 15 is 0 Å². The van der Waals surface area contributed by atoms with Crippen LogP contribution in [0.2, 0.25) is 0 Å². The number of hydrogen-bond acceptors (Lipinski definition) is 3. The highest BCUT2D eigenvalue weighted by Crippen LogP contribution is 2.23. The maximum atomic E-state index is 12.3. The van der Waals surface area contributed by atoms with Crippen LogP contribution in [0.4, 0.5) is 0 Å². The van der Waals surface area contributed by atoms with E-state index < -0.39 is 0 Å². The Hall–Kier alpha value is -2.79. The van der Waals surface area contributed by atoms with Crippen LogP contribution in [0.3, 0.4) is 0 Å². The Kier molecular flexibility index (Phi) is 6.60. The molecule has 1 heterocycles. The van der Waals surface area contributed by atoms with Crippen molar-refractivity contribution in [1.82, 2.24) is 9.99 Å². The lowest BCUT2D eigenvalue weighted by Gasteiger charge is -2.11. The van der Waals surface area contributed by atoms with Crippen LogP contribution in [0.5, 0.6) is 0 Å². The molecule has 4 nitrogen and oxygen atoms in total. The first-order valence-corrected chi connectivity index (χ1v) is 10.6. The van der Waals surface area contributed by atoms with Crippen molar-refractivity contribution in [3.05, 3.63) is 82.7 Å². The maximum Gasteiger partial charge on any atom is 0.253 e. The first-order chi connectivity index (χ1) is 13.9. The highest BCUT2D eigenvalue weighted by Gasteiger charge is 2.14. The third-order valence-electron chi connectivity index (χ3n) is 5.02. The summed E-state index contributed by atoms with van der Waals surface area (Å²) >= 11 is 1.52. The second-order valence-corrected chi connectivity index (χ2v) is 8.65. The van der Waals surface area contributed by atoms with Crippen LogP contribution < -0.4 is 5.43 Å². The Morgan fingerprint density at radius 2 is 1.76 bits per heavy atom. The van der Waals surface area contributed by atoms with Gasteiger partial charge in [0.15, 0.2) is 0 Å². The second-order valence-electron chi connectivity index (χ2n) is 7.24. The van der Waals surface area contributed by atoms with Gasteiger partial charge in [-0.3, -0.25) is 4.79 Å². The van der Waals surface area contributed by atoms with Gasteiger partial charge in [0.2, 0.25) is 0 Å². The Bertz CT molecular complexity index is 1040. The Morgan fingerprint density at radius 3 is 2.45 bits per heavy atom. The molecule has 0 fully saturated rings. The van der Waals surface area contributed by atoms with Crippen LogP contribution in [-0.2, 0) is 4.79 Å². The summed E-state index contributed by atoms with van der Waals surface area (Å²) in [6.07, 6.45) is 1.72. The number of amides is 1. The molecule has 0 spiro atoms. The number of hydrazone groups is 1. The number of rotatable bonds is 6. The van der Waals surface area contributed by atoms with Crippen LogP contribution >= 0.6 is 11.8 Å². The zero-order valence-corrected chi connectivity index (χ0v) is 18.4. The topological polar surface area (TPSA) is 46.4 Å². The van der Waals surface area contributed by atoms with E-state index in [2.05, 4.69) is 67.1 Å². The Morgan fingerprint density at radius 1 is 1.03 bits per heavy atom. The van der Waals surface area contributed by atoms with Crippen LogP contribution in [0.15, 0.2) is 64.6 Å². The fourth-order valence-corrected chi connectivity index (χ4v) is 4.08. The molecular weight excluding hydrogens is 378 g/mol. The van der Waals surface area contributed by atoms with Gasteiger partial charge < -0.3 is 4.57 Å². The van der Waals surface area contributed by atoms with Crippen LogP contribution in [0.1, 0.15) is 35.0 Å². The minimum absolute atomic E-state index is 0.113. The summed E-state index contributed by atoms with van der Waals surface area (Å²) in [6.45, 7) is 10.3. The predicted molar refractivity (Wildman–Crippen MR) is 122 cm³/mol. The molecule has 29 heavy (non-hydrogen) atoms. The van der Waals surface area contributed by atoms with Crippen molar-refractivity contribution in [2.75, 3.05) is 0 Å². The van der Waals surface area contributed by atoms with Gasteiger partial charge in [-0.15, -0.1) is 11.8 Å². The molecule has 0 aliphatic heterocycles. The van der Waals surface area contributed by atoms with Crippen LogP contribution in [0.25, 0.3) is 5.69 Å². The van der Waals surface area contributed by atoms with Crippen molar-refractivity contribution < 1.29 is 4.79 Å². The molecule has 1 N–H and O–H groups in total. The molecule has 0 saturated heterocycles. The lowest BCUT2D eigenvalue weighted by atomic mass is 10.1. The number of nitrogens with zero attached hydrogens (tertiary/aromatic N) is 2. The van der Waals surface area contributed by atoms with Gasteiger partial charge in [-0.25, -0.2) is 5.43 Å². The largest absolute Gasteiger partial charge is 0.318 e. The minimum Gasteiger partial charge on any atom is -0.318 e. The summed E-state index contributed by atoms with van der Waals surface area (Å²) in [6, 6.07) is 18.5. The number of aryl methyl sites for hydroxylation is 3. The molecule has 0 bridgehead atoms. The maximum absolute atomic E-state index is 12.3. The quantitative estimate of drug-likeness (QED) is 0.342. The van der Waals surface area contributed by atoms with Crippen molar-refractivity contribution >= 4 is 23.9 Å². The summed E-state index contributed by atoms with van der Waals surface area (Å²) < 4.78 is 2.21. The van der Waals surface area contributed by atoms with Crippen molar-refractivity contribution in [3.63, 3.8) is 0 Å². The van der Waals surface area contributed by atoms with Crippen LogP contribution in [-0.4, -0.2) is 21.9 Å². The van der Waals surface area contributed by atoms with E-state index in [1.54, 1.807) is 6.21 Å². The first kappa shape index (κ1) is 20.9. The van der Waals surface area contributed by atoms with E-state index in [0.29, 0.717) is 0 Å². The van der Waals surface area contributed by atoms with Crippen molar-refractivity contribution in [2.45, 2.75) is 44.8 Å². The molecule has 2 aromatic carbocycles. The lowest BCUT2D eigenvalue weighted by molar-refractivity contribution is -0.120. The number of carbonyl (C=O) groups excluding carboxylic acids is 1. The van der Waals surface area contributed by atoms with E-state index in [1.165, 1.54) is 22.9 Å². The summed E-state index contributed by atoms with van der Waals surface area (Å²) in [5.41, 5.74) is 9.56. The zero-order chi connectivity index (χ0) is 21.0. The van der Waals surface area contributed by atoms with Gasteiger partial charge in [0.25, 0.3) is 5.91 Å². The Labute approximate surface area is 177 Å². The van der Waals surface area contributed by atoms with Crippen molar-refractivity contribution in [3.8, 4) is 5.69 Å². The molecule has 3 rings (SSSR count). The van der Waals surface area contributed by atoms with Gasteiger partial charge in [-0.2, -0.15) is 5.10 Å². The number of aromatic nitrogens is 1. The van der Waals surface area contributed by atoms with E-state index in [9.17, 15) is 4.79 Å². The molecule has 1 amide bonds. The van der Waals surface area contributed by atoms with Gasteiger partial charge in [0, 0.05) is 27.5 Å². The standard InChI is InChI=1S/C24H27N3OS/c1-16-11-12-22(13-17(16)2)27-18(3)14-21(19(27)4)15-25-26-24(28)20(5)29-23-9-7-6-8-10-23/h6-15,20H,1-5H3,(H,26,28)/b25-15-/t20-/m0/s1. The molecular formula is C24H27N3OS. The number of thioether (sulfide) groups is 1. The Balaban J connectivity index is 1.69. The molecule has 0 aliphatic carbocycles. The SMILES string of the molecule is Cc1ccc(-n2c(C)cc(/C=N\NC(=O)[C@H](C)Sc3ccccc3)c2C)cc1C. The van der Waals surface area contributed by atoms with Crippen molar-refractivity contribution in [2.24, 2.45) is 5.10 Å². The highest BCUT2D eigenvalue weighted by molar-refractivity contribution is 8.00. The van der Waals surface area contributed by atoms with Gasteiger partial charge in [0.05, 0.1) is 11.5 Å². The van der Waals surface area contributed by atoms with Gasteiger partial charge in [-0.05, 0) is 76.1 Å². The number of nitrogens with one attached hydrogen (secondary N) is 1. The lowest BCUT2D eigenvalue weighted by Crippen LogP contribution is -2.26. The molecule has 1 aromatic heterocycles. The molecule has 3 aromatic rings. The molecule has 1 atom stereocenters. The molecule has 0 unspecified atom stereocenters. The summed E-state index contributed by atoms with van der Waals surface area (Å²) in [5.74, 6) is -0.113. The number of benzene rings is 2. The third-order valence-corrected chi connectivity index (χ3v) is 6.13. The average molecular weight is 406 g/mol. The summed E-state index contributed by atoms with van der Waals surface area (Å²) in [5, 5.41) is 3.97. The molecule has 0 aliphatic rings. The van der Waals surface area contributed by atoms with E-state index in [1.807, 2.05) is 37.3 Å². The smallest absolute Gasteiger partial charge is 0.253 e. The fraction of sp³-hybridized carbons (Fsp3) is 0.250. The van der Waals surface area contributed by atoms with Gasteiger partial charge in [0.1, 0.15) is 0 Å². The fourth-order valence-electron chi connectivity index (χ4n) is 3.19. The zero-order valence-electron chi connectivity index (χ0n) is 17.6. The average Bonchev–Trinajstić information content (AvgIpc) is 2.98. The summed E-state index contributed by atoms with van der Waals surface area (Å²) in [7, 11) is 0. The van der Waals surface area contributed by atoms with E-state index in [-0.39, 0.29) is 11.2 Å². The van der Waals surface area contributed by atoms with E-state index in [4.69, 9.17) is 0 Å². The minimum atomic E-state index is -0.225. The molecule has 5 heteroatoms.